The number of halogens is 1. The van der Waals surface area contributed by atoms with Gasteiger partial charge in [0.2, 0.25) is 0 Å². The maximum atomic E-state index is 11.2. The molecule has 0 saturated carbocycles. The smallest absolute Gasteiger partial charge is 0.347 e. The van der Waals surface area contributed by atoms with E-state index in [1.807, 2.05) is 44.2 Å². The van der Waals surface area contributed by atoms with Crippen LogP contribution in [0.15, 0.2) is 53.4 Å². The summed E-state index contributed by atoms with van der Waals surface area (Å²) in [5.74, 6) is 1.05. The van der Waals surface area contributed by atoms with E-state index in [1.165, 1.54) is 13.8 Å². The molecule has 6 heteroatoms. The fourth-order valence-corrected chi connectivity index (χ4v) is 3.26. The summed E-state index contributed by atoms with van der Waals surface area (Å²) in [5.41, 5.74) is 1.55. The maximum absolute atomic E-state index is 11.2. The van der Waals surface area contributed by atoms with Crippen molar-refractivity contribution < 1.29 is 19.4 Å². The molecule has 2 aromatic carbocycles. The van der Waals surface area contributed by atoms with Gasteiger partial charge in [-0.1, -0.05) is 18.2 Å². The highest BCUT2D eigenvalue weighted by Gasteiger charge is 2.29. The van der Waals surface area contributed by atoms with Gasteiger partial charge in [0, 0.05) is 15.7 Å². The molecular weight excluding hydrogens is 396 g/mol. The van der Waals surface area contributed by atoms with Crippen LogP contribution in [0.4, 0.5) is 0 Å². The van der Waals surface area contributed by atoms with Crippen molar-refractivity contribution in [2.45, 2.75) is 38.2 Å². The zero-order valence-corrected chi connectivity index (χ0v) is 18.1. The molecule has 1 N–H and O–H groups in total. The van der Waals surface area contributed by atoms with E-state index in [9.17, 15) is 9.90 Å². The molecule has 0 bridgehead atoms. The number of thioether (sulfide) groups is 1. The molecule has 0 unspecified atom stereocenters. The van der Waals surface area contributed by atoms with E-state index in [-0.39, 0.29) is 0 Å². The Labute approximate surface area is 175 Å². The molecule has 2 aromatic rings. The topological polar surface area (TPSA) is 55.8 Å². The summed E-state index contributed by atoms with van der Waals surface area (Å²) in [4.78, 5) is 12.3. The van der Waals surface area contributed by atoms with Crippen molar-refractivity contribution in [3.05, 3.63) is 64.7 Å². The van der Waals surface area contributed by atoms with Gasteiger partial charge in [-0.3, -0.25) is 0 Å². The fourth-order valence-electron chi connectivity index (χ4n) is 2.26. The Morgan fingerprint density at radius 2 is 1.89 bits per heavy atom. The molecule has 150 valence electrons. The number of hydrogen-bond donors (Lipinski definition) is 1. The molecule has 0 spiro atoms. The van der Waals surface area contributed by atoms with Crippen molar-refractivity contribution in [2.24, 2.45) is 0 Å². The molecule has 0 aliphatic carbocycles. The molecule has 0 amide bonds. The molecule has 0 saturated heterocycles. The average molecular weight is 421 g/mol. The quantitative estimate of drug-likeness (QED) is 0.402. The highest BCUT2D eigenvalue weighted by molar-refractivity contribution is 7.99. The number of carbonyl (C=O) groups is 1. The molecule has 4 nitrogen and oxygen atoms in total. The summed E-state index contributed by atoms with van der Waals surface area (Å²) in [7, 11) is 0. The normalized spacial score (nSPS) is 11.2. The lowest BCUT2D eigenvalue weighted by Crippen LogP contribution is -2.38. The molecule has 0 aliphatic rings. The van der Waals surface area contributed by atoms with Gasteiger partial charge in [-0.05, 0) is 80.8 Å². The third-order valence-electron chi connectivity index (χ3n) is 4.04. The van der Waals surface area contributed by atoms with Crippen molar-refractivity contribution >= 4 is 29.3 Å². The first-order valence-electron chi connectivity index (χ1n) is 8.80. The van der Waals surface area contributed by atoms with Crippen molar-refractivity contribution in [1.29, 1.82) is 0 Å². The van der Waals surface area contributed by atoms with Crippen LogP contribution in [0, 0.1) is 13.8 Å². The standard InChI is InChI=1S/C22H25ClO4S/c1-14(12-26-17-6-8-19(23)15(2)10-17)13-28-18-7-9-20(16(3)11-18)27-22(4,5)21(24)25/h6-11H,1,12-13H2,2-5H3,(H,24,25). The number of hydrogen-bond acceptors (Lipinski definition) is 4. The number of benzene rings is 2. The van der Waals surface area contributed by atoms with E-state index in [1.54, 1.807) is 17.8 Å². The van der Waals surface area contributed by atoms with Crippen molar-refractivity contribution in [3.63, 3.8) is 0 Å². The molecule has 0 aromatic heterocycles. The van der Waals surface area contributed by atoms with Crippen LogP contribution >= 0.6 is 23.4 Å². The van der Waals surface area contributed by atoms with Crippen LogP contribution in [0.3, 0.4) is 0 Å². The zero-order chi connectivity index (χ0) is 20.9. The Hall–Kier alpha value is -2.11. The van der Waals surface area contributed by atoms with Gasteiger partial charge in [0.15, 0.2) is 5.60 Å². The molecule has 0 fully saturated rings. The number of aliphatic carboxylic acids is 1. The van der Waals surface area contributed by atoms with Gasteiger partial charge in [0.25, 0.3) is 0 Å². The van der Waals surface area contributed by atoms with Crippen LogP contribution in [-0.4, -0.2) is 29.0 Å². The molecule has 0 aliphatic heterocycles. The number of rotatable bonds is 9. The van der Waals surface area contributed by atoms with Gasteiger partial charge in [-0.15, -0.1) is 11.8 Å². The molecule has 0 radical (unpaired) electrons. The van der Waals surface area contributed by atoms with Crippen LogP contribution in [-0.2, 0) is 4.79 Å². The fraction of sp³-hybridized carbons (Fsp3) is 0.318. The third-order valence-corrected chi connectivity index (χ3v) is 5.61. The Morgan fingerprint density at radius 1 is 1.18 bits per heavy atom. The Kier molecular flexibility index (Phi) is 7.44. The lowest BCUT2D eigenvalue weighted by Gasteiger charge is -2.23. The van der Waals surface area contributed by atoms with Crippen molar-refractivity contribution in [3.8, 4) is 11.5 Å². The van der Waals surface area contributed by atoms with Gasteiger partial charge in [-0.25, -0.2) is 4.79 Å². The van der Waals surface area contributed by atoms with Crippen molar-refractivity contribution in [2.75, 3.05) is 12.4 Å². The summed E-state index contributed by atoms with van der Waals surface area (Å²) >= 11 is 7.67. The first-order valence-corrected chi connectivity index (χ1v) is 10.2. The Balaban J connectivity index is 1.88. The number of aryl methyl sites for hydroxylation is 2. The Morgan fingerprint density at radius 3 is 2.50 bits per heavy atom. The summed E-state index contributed by atoms with van der Waals surface area (Å²) in [6.45, 7) is 11.4. The third kappa shape index (κ3) is 6.21. The Bertz CT molecular complexity index is 877. The second-order valence-electron chi connectivity index (χ2n) is 7.08. The lowest BCUT2D eigenvalue weighted by atomic mass is 10.1. The number of carboxylic acids is 1. The molecule has 0 heterocycles. The number of carboxylic acid groups (broad SMARTS) is 1. The van der Waals surface area contributed by atoms with Crippen molar-refractivity contribution in [1.82, 2.24) is 0 Å². The predicted molar refractivity (Wildman–Crippen MR) is 115 cm³/mol. The second-order valence-corrected chi connectivity index (χ2v) is 8.54. The largest absolute Gasteiger partial charge is 0.489 e. The van der Waals surface area contributed by atoms with Gasteiger partial charge in [-0.2, -0.15) is 0 Å². The summed E-state index contributed by atoms with van der Waals surface area (Å²) in [5, 5.41) is 9.92. The van der Waals surface area contributed by atoms with E-state index >= 15 is 0 Å². The highest BCUT2D eigenvalue weighted by atomic mass is 35.5. The van der Waals surface area contributed by atoms with Gasteiger partial charge < -0.3 is 14.6 Å². The molecule has 28 heavy (non-hydrogen) atoms. The van der Waals surface area contributed by atoms with E-state index < -0.39 is 11.6 Å². The second kappa shape index (κ2) is 9.39. The zero-order valence-electron chi connectivity index (χ0n) is 16.5. The van der Waals surface area contributed by atoms with E-state index in [0.29, 0.717) is 18.1 Å². The van der Waals surface area contributed by atoms with Crippen LogP contribution in [0.1, 0.15) is 25.0 Å². The summed E-state index contributed by atoms with van der Waals surface area (Å²) in [6.07, 6.45) is 0. The maximum Gasteiger partial charge on any atom is 0.347 e. The minimum Gasteiger partial charge on any atom is -0.489 e. The summed E-state index contributed by atoms with van der Waals surface area (Å²) < 4.78 is 11.4. The van der Waals surface area contributed by atoms with Gasteiger partial charge in [0.1, 0.15) is 18.1 Å². The van der Waals surface area contributed by atoms with Gasteiger partial charge >= 0.3 is 5.97 Å². The molecule has 2 rings (SSSR count). The van der Waals surface area contributed by atoms with Crippen LogP contribution in [0.2, 0.25) is 5.02 Å². The monoisotopic (exact) mass is 420 g/mol. The van der Waals surface area contributed by atoms with E-state index in [4.69, 9.17) is 21.1 Å². The lowest BCUT2D eigenvalue weighted by molar-refractivity contribution is -0.152. The van der Waals surface area contributed by atoms with E-state index in [0.717, 1.165) is 32.4 Å². The first-order chi connectivity index (χ1) is 13.1. The van der Waals surface area contributed by atoms with Crippen LogP contribution in [0.25, 0.3) is 0 Å². The minimum atomic E-state index is -1.27. The SMILES string of the molecule is C=C(COc1ccc(Cl)c(C)c1)CSc1ccc(OC(C)(C)C(=O)O)c(C)c1. The average Bonchev–Trinajstić information content (AvgIpc) is 2.62. The van der Waals surface area contributed by atoms with Gasteiger partial charge in [0.05, 0.1) is 0 Å². The molecule has 0 atom stereocenters. The molecular formula is C22H25ClO4S. The van der Waals surface area contributed by atoms with E-state index in [2.05, 4.69) is 6.58 Å². The van der Waals surface area contributed by atoms with Crippen LogP contribution < -0.4 is 9.47 Å². The summed E-state index contributed by atoms with van der Waals surface area (Å²) in [6, 6.07) is 11.3. The highest BCUT2D eigenvalue weighted by Crippen LogP contribution is 2.29. The predicted octanol–water partition coefficient (Wildman–Crippen LogP) is 5.93. The van der Waals surface area contributed by atoms with Crippen LogP contribution in [0.5, 0.6) is 11.5 Å². The first kappa shape index (κ1) is 22.2. The number of ether oxygens (including phenoxy) is 2. The minimum absolute atomic E-state index is 0.432.